The Labute approximate surface area is 103 Å². The molecule has 0 aliphatic heterocycles. The molecular weight excluding hydrogens is 236 g/mol. The lowest BCUT2D eigenvalue weighted by Gasteiger charge is -2.10. The van der Waals surface area contributed by atoms with Crippen LogP contribution in [0, 0.1) is 11.3 Å². The van der Waals surface area contributed by atoms with Gasteiger partial charge in [-0.15, -0.1) is 11.3 Å². The van der Waals surface area contributed by atoms with E-state index in [1.54, 1.807) is 22.7 Å². The number of hydrogen-bond donors (Lipinski definition) is 1. The molecule has 0 amide bonds. The van der Waals surface area contributed by atoms with Gasteiger partial charge in [0.15, 0.2) is 0 Å². The molecule has 0 aliphatic carbocycles. The molecule has 0 saturated heterocycles. The number of nitrogens with zero attached hydrogens (tertiary/aromatic N) is 1. The van der Waals surface area contributed by atoms with Crippen LogP contribution in [-0.2, 0) is 6.54 Å². The predicted octanol–water partition coefficient (Wildman–Crippen LogP) is 3.53. The Morgan fingerprint density at radius 3 is 2.94 bits per heavy atom. The van der Waals surface area contributed by atoms with Crippen molar-refractivity contribution in [1.82, 2.24) is 5.32 Å². The Kier molecular flexibility index (Phi) is 3.73. The highest BCUT2D eigenvalue weighted by Crippen LogP contribution is 2.22. The second kappa shape index (κ2) is 5.26. The van der Waals surface area contributed by atoms with Crippen molar-refractivity contribution in [3.05, 3.63) is 44.3 Å². The van der Waals surface area contributed by atoms with Crippen molar-refractivity contribution in [3.63, 3.8) is 0 Å². The van der Waals surface area contributed by atoms with Gasteiger partial charge in [0.05, 0.1) is 0 Å². The maximum absolute atomic E-state index is 8.75. The zero-order valence-electron chi connectivity index (χ0n) is 8.93. The summed E-state index contributed by atoms with van der Waals surface area (Å²) < 4.78 is 0. The largest absolute Gasteiger partial charge is 0.305 e. The van der Waals surface area contributed by atoms with E-state index in [4.69, 9.17) is 5.26 Å². The molecule has 1 atom stereocenters. The van der Waals surface area contributed by atoms with Gasteiger partial charge in [-0.25, -0.2) is 0 Å². The lowest BCUT2D eigenvalue weighted by atomic mass is 10.2. The third kappa shape index (κ3) is 2.70. The van der Waals surface area contributed by atoms with Crippen molar-refractivity contribution in [2.75, 3.05) is 0 Å². The quantitative estimate of drug-likeness (QED) is 0.898. The van der Waals surface area contributed by atoms with Crippen LogP contribution in [0.5, 0.6) is 0 Å². The van der Waals surface area contributed by atoms with E-state index in [2.05, 4.69) is 35.1 Å². The molecule has 0 radical (unpaired) electrons. The number of hydrogen-bond acceptors (Lipinski definition) is 4. The van der Waals surface area contributed by atoms with Crippen molar-refractivity contribution in [1.29, 1.82) is 5.26 Å². The van der Waals surface area contributed by atoms with Crippen molar-refractivity contribution in [2.45, 2.75) is 19.5 Å². The monoisotopic (exact) mass is 248 g/mol. The van der Waals surface area contributed by atoms with Crippen LogP contribution in [0.15, 0.2) is 29.0 Å². The molecule has 0 fully saturated rings. The Bertz CT molecular complexity index is 479. The highest BCUT2D eigenvalue weighted by atomic mass is 32.1. The number of nitrogens with one attached hydrogen (secondary N) is 1. The molecule has 0 aliphatic rings. The van der Waals surface area contributed by atoms with Gasteiger partial charge in [0, 0.05) is 17.5 Å². The summed E-state index contributed by atoms with van der Waals surface area (Å²) in [6, 6.07) is 8.49. The normalized spacial score (nSPS) is 12.2. The van der Waals surface area contributed by atoms with E-state index >= 15 is 0 Å². The molecule has 16 heavy (non-hydrogen) atoms. The minimum absolute atomic E-state index is 0.298. The van der Waals surface area contributed by atoms with E-state index in [0.29, 0.717) is 6.04 Å². The molecule has 2 nitrogen and oxygen atoms in total. The van der Waals surface area contributed by atoms with Crippen LogP contribution in [0.3, 0.4) is 0 Å². The average Bonchev–Trinajstić information content (AvgIpc) is 2.96. The topological polar surface area (TPSA) is 35.8 Å². The summed E-state index contributed by atoms with van der Waals surface area (Å²) in [4.78, 5) is 1.99. The number of nitriles is 1. The van der Waals surface area contributed by atoms with Crippen LogP contribution >= 0.6 is 22.7 Å². The highest BCUT2D eigenvalue weighted by Gasteiger charge is 2.07. The van der Waals surface area contributed by atoms with Crippen molar-refractivity contribution >= 4 is 22.7 Å². The van der Waals surface area contributed by atoms with Gasteiger partial charge in [0.2, 0.25) is 0 Å². The smallest absolute Gasteiger partial charge is 0.110 e. The molecule has 2 aromatic heterocycles. The second-order valence-corrected chi connectivity index (χ2v) is 5.44. The van der Waals surface area contributed by atoms with E-state index in [-0.39, 0.29) is 0 Å². The van der Waals surface area contributed by atoms with Gasteiger partial charge < -0.3 is 5.32 Å². The fourth-order valence-electron chi connectivity index (χ4n) is 1.41. The van der Waals surface area contributed by atoms with Crippen molar-refractivity contribution in [2.24, 2.45) is 0 Å². The highest BCUT2D eigenvalue weighted by molar-refractivity contribution is 7.12. The van der Waals surface area contributed by atoms with Crippen molar-refractivity contribution < 1.29 is 0 Å². The number of thiophene rings is 2. The van der Waals surface area contributed by atoms with Crippen LogP contribution < -0.4 is 5.32 Å². The lowest BCUT2D eigenvalue weighted by molar-refractivity contribution is 0.584. The van der Waals surface area contributed by atoms with E-state index < -0.39 is 0 Å². The summed E-state index contributed by atoms with van der Waals surface area (Å²) >= 11 is 3.27. The zero-order valence-corrected chi connectivity index (χ0v) is 10.6. The number of rotatable bonds is 4. The molecule has 0 bridgehead atoms. The fourth-order valence-corrected chi connectivity index (χ4v) is 2.91. The minimum atomic E-state index is 0.298. The fraction of sp³-hybridized carbons (Fsp3) is 0.250. The molecule has 0 saturated carbocycles. The summed E-state index contributed by atoms with van der Waals surface area (Å²) in [7, 11) is 0. The summed E-state index contributed by atoms with van der Waals surface area (Å²) in [5.74, 6) is 0. The predicted molar refractivity (Wildman–Crippen MR) is 68.6 cm³/mol. The van der Waals surface area contributed by atoms with Crippen LogP contribution in [-0.4, -0.2) is 0 Å². The van der Waals surface area contributed by atoms with Gasteiger partial charge in [-0.1, -0.05) is 0 Å². The summed E-state index contributed by atoms with van der Waals surface area (Å²) in [6.07, 6.45) is 0. The Hall–Kier alpha value is -1.15. The van der Waals surface area contributed by atoms with Crippen LogP contribution in [0.4, 0.5) is 0 Å². The van der Waals surface area contributed by atoms with E-state index in [9.17, 15) is 0 Å². The molecule has 82 valence electrons. The van der Waals surface area contributed by atoms with Gasteiger partial charge in [-0.2, -0.15) is 16.6 Å². The summed E-state index contributed by atoms with van der Waals surface area (Å²) in [5, 5.41) is 16.4. The maximum atomic E-state index is 8.75. The zero-order chi connectivity index (χ0) is 11.4. The van der Waals surface area contributed by atoms with E-state index in [1.165, 1.54) is 10.4 Å². The molecule has 0 aromatic carbocycles. The molecular formula is C12H12N2S2. The first kappa shape index (κ1) is 11.3. The van der Waals surface area contributed by atoms with Crippen LogP contribution in [0.1, 0.15) is 28.3 Å². The first-order valence-electron chi connectivity index (χ1n) is 5.04. The van der Waals surface area contributed by atoms with Crippen LogP contribution in [0.2, 0.25) is 0 Å². The molecule has 4 heteroatoms. The summed E-state index contributed by atoms with van der Waals surface area (Å²) in [6.45, 7) is 3.00. The van der Waals surface area contributed by atoms with Gasteiger partial charge in [-0.3, -0.25) is 0 Å². The second-order valence-electron chi connectivity index (χ2n) is 3.55. The van der Waals surface area contributed by atoms with E-state index in [1.807, 2.05) is 12.1 Å². The Balaban J connectivity index is 1.93. The Morgan fingerprint density at radius 1 is 1.44 bits per heavy atom. The van der Waals surface area contributed by atoms with Gasteiger partial charge in [0.25, 0.3) is 0 Å². The van der Waals surface area contributed by atoms with Gasteiger partial charge in [0.1, 0.15) is 10.9 Å². The standard InChI is InChI=1S/C12H12N2S2/c1-9(12-3-2-11(6-13)16-12)14-7-10-4-5-15-8-10/h2-5,8-9,14H,7H2,1H3/t9-/m1/s1. The van der Waals surface area contributed by atoms with Gasteiger partial charge in [-0.05, 0) is 41.4 Å². The Morgan fingerprint density at radius 2 is 2.31 bits per heavy atom. The first-order valence-corrected chi connectivity index (χ1v) is 6.80. The lowest BCUT2D eigenvalue weighted by Crippen LogP contribution is -2.16. The molecule has 2 heterocycles. The molecule has 0 spiro atoms. The van der Waals surface area contributed by atoms with Crippen LogP contribution in [0.25, 0.3) is 0 Å². The van der Waals surface area contributed by atoms with Gasteiger partial charge >= 0.3 is 0 Å². The molecule has 2 aromatic rings. The maximum Gasteiger partial charge on any atom is 0.110 e. The SMILES string of the molecule is C[C@@H](NCc1ccsc1)c1ccc(C#N)s1. The average molecular weight is 248 g/mol. The third-order valence-corrected chi connectivity index (χ3v) is 4.26. The minimum Gasteiger partial charge on any atom is -0.305 e. The first-order chi connectivity index (χ1) is 7.79. The molecule has 2 rings (SSSR count). The summed E-state index contributed by atoms with van der Waals surface area (Å²) in [5.41, 5.74) is 1.31. The molecule has 1 N–H and O–H groups in total. The van der Waals surface area contributed by atoms with Crippen molar-refractivity contribution in [3.8, 4) is 6.07 Å². The molecule has 0 unspecified atom stereocenters. The van der Waals surface area contributed by atoms with E-state index in [0.717, 1.165) is 11.4 Å². The third-order valence-electron chi connectivity index (χ3n) is 2.36.